The van der Waals surface area contributed by atoms with Gasteiger partial charge in [0.15, 0.2) is 0 Å². The lowest BCUT2D eigenvalue weighted by atomic mass is 9.82. The van der Waals surface area contributed by atoms with Gasteiger partial charge in [0.05, 0.1) is 6.04 Å². The minimum absolute atomic E-state index is 0.0531. The van der Waals surface area contributed by atoms with Crippen molar-refractivity contribution in [2.45, 2.75) is 31.7 Å². The molecule has 1 aliphatic heterocycles. The van der Waals surface area contributed by atoms with Crippen LogP contribution in [-0.4, -0.2) is 23.9 Å². The van der Waals surface area contributed by atoms with Gasteiger partial charge in [-0.3, -0.25) is 0 Å². The Labute approximate surface area is 120 Å². The molecule has 0 fully saturated rings. The van der Waals surface area contributed by atoms with Gasteiger partial charge in [-0.15, -0.1) is 0 Å². The van der Waals surface area contributed by atoms with Crippen molar-refractivity contribution in [2.75, 3.05) is 0 Å². The molecule has 19 heavy (non-hydrogen) atoms. The monoisotopic (exact) mass is 347 g/mol. The summed E-state index contributed by atoms with van der Waals surface area (Å²) in [6, 6.07) is 4.25. The molecular weight excluding hydrogens is 334 g/mol. The molecule has 104 valence electrons. The molecule has 1 atom stereocenters. The molecule has 0 bridgehead atoms. The zero-order chi connectivity index (χ0) is 14.6. The molecule has 7 heteroatoms. The molecule has 0 aliphatic carbocycles. The second kappa shape index (κ2) is 4.21. The van der Waals surface area contributed by atoms with Gasteiger partial charge in [-0.05, 0) is 33.0 Å². The molecule has 5 nitrogen and oxygen atoms in total. The number of hydrogen-bond donors (Lipinski definition) is 1. The van der Waals surface area contributed by atoms with Gasteiger partial charge in [0.2, 0.25) is 0 Å². The van der Waals surface area contributed by atoms with Crippen LogP contribution < -0.4 is 0 Å². The molecule has 0 spiro atoms. The number of hydrogen-bond acceptors (Lipinski definition) is 3. The quantitative estimate of drug-likeness (QED) is 0.781. The Bertz CT molecular complexity index is 648. The van der Waals surface area contributed by atoms with Crippen LogP contribution in [0.5, 0.6) is 0 Å². The topological polar surface area (TPSA) is 74.7 Å². The Morgan fingerprint density at radius 3 is 2.42 bits per heavy atom. The minimum atomic E-state index is -4.02. The standard InChI is InChI=1S/C12H14BrNO4S/c1-12(2,3)10-7-5-4-6-8(13)9(7)19(17,18)14(10)11(15)16/h4-6,10H,1-3H3,(H,15,16). The number of amides is 1. The van der Waals surface area contributed by atoms with Crippen LogP contribution in [0.1, 0.15) is 32.4 Å². The number of rotatable bonds is 0. The van der Waals surface area contributed by atoms with Crippen molar-refractivity contribution in [3.8, 4) is 0 Å². The molecule has 2 rings (SSSR count). The summed E-state index contributed by atoms with van der Waals surface area (Å²) in [4.78, 5) is 11.4. The lowest BCUT2D eigenvalue weighted by Crippen LogP contribution is -2.39. The summed E-state index contributed by atoms with van der Waals surface area (Å²) in [7, 11) is -4.02. The maximum absolute atomic E-state index is 12.4. The first kappa shape index (κ1) is 14.3. The molecule has 0 radical (unpaired) electrons. The third-order valence-corrected chi connectivity index (χ3v) is 5.83. The Morgan fingerprint density at radius 1 is 1.37 bits per heavy atom. The van der Waals surface area contributed by atoms with E-state index in [1.54, 1.807) is 18.2 Å². The summed E-state index contributed by atoms with van der Waals surface area (Å²) in [5, 5.41) is 9.28. The van der Waals surface area contributed by atoms with Crippen LogP contribution >= 0.6 is 15.9 Å². The van der Waals surface area contributed by atoms with Crippen molar-refractivity contribution in [3.05, 3.63) is 28.2 Å². The lowest BCUT2D eigenvalue weighted by Gasteiger charge is -2.32. The first-order chi connectivity index (χ1) is 8.58. The molecular formula is C12H14BrNO4S. The molecule has 1 amide bonds. The van der Waals surface area contributed by atoms with Crippen LogP contribution in [0.15, 0.2) is 27.6 Å². The number of carbonyl (C=O) groups is 1. The average molecular weight is 348 g/mol. The van der Waals surface area contributed by atoms with E-state index in [0.29, 0.717) is 14.3 Å². The first-order valence-electron chi connectivity index (χ1n) is 5.64. The fraction of sp³-hybridized carbons (Fsp3) is 0.417. The van der Waals surface area contributed by atoms with Gasteiger partial charge in [-0.2, -0.15) is 4.31 Å². The zero-order valence-corrected chi connectivity index (χ0v) is 13.1. The Kier molecular flexibility index (Phi) is 3.17. The summed E-state index contributed by atoms with van der Waals surface area (Å²) < 4.78 is 25.8. The van der Waals surface area contributed by atoms with E-state index in [9.17, 15) is 18.3 Å². The van der Waals surface area contributed by atoms with E-state index in [-0.39, 0.29) is 4.90 Å². The van der Waals surface area contributed by atoms with Gasteiger partial charge in [-0.25, -0.2) is 13.2 Å². The summed E-state index contributed by atoms with van der Waals surface area (Å²) in [5.74, 6) is 0. The molecule has 0 saturated carbocycles. The summed E-state index contributed by atoms with van der Waals surface area (Å²) in [6.45, 7) is 5.46. The zero-order valence-electron chi connectivity index (χ0n) is 10.7. The van der Waals surface area contributed by atoms with E-state index >= 15 is 0 Å². The smallest absolute Gasteiger partial charge is 0.421 e. The minimum Gasteiger partial charge on any atom is -0.464 e. The third kappa shape index (κ3) is 2.04. The largest absolute Gasteiger partial charge is 0.464 e. The normalized spacial score (nSPS) is 21.3. The van der Waals surface area contributed by atoms with E-state index in [1.165, 1.54) is 0 Å². The van der Waals surface area contributed by atoms with Crippen molar-refractivity contribution >= 4 is 32.0 Å². The van der Waals surface area contributed by atoms with Gasteiger partial charge < -0.3 is 5.11 Å². The van der Waals surface area contributed by atoms with E-state index in [0.717, 1.165) is 0 Å². The third-order valence-electron chi connectivity index (χ3n) is 3.05. The number of fused-ring (bicyclic) bond motifs is 1. The fourth-order valence-electron chi connectivity index (χ4n) is 2.41. The van der Waals surface area contributed by atoms with Crippen molar-refractivity contribution in [1.29, 1.82) is 0 Å². The Morgan fingerprint density at radius 2 is 1.95 bits per heavy atom. The fourth-order valence-corrected chi connectivity index (χ4v) is 5.30. The summed E-state index contributed by atoms with van der Waals surface area (Å²) in [5.41, 5.74) is -0.0124. The molecule has 1 aromatic carbocycles. The molecule has 0 aromatic heterocycles. The van der Waals surface area contributed by atoms with Crippen molar-refractivity contribution < 1.29 is 18.3 Å². The number of sulfonamides is 1. The van der Waals surface area contributed by atoms with Gasteiger partial charge in [-0.1, -0.05) is 32.9 Å². The SMILES string of the molecule is CC(C)(C)C1c2cccc(Br)c2S(=O)(=O)N1C(=O)O. The van der Waals surface area contributed by atoms with Gasteiger partial charge in [0.25, 0.3) is 10.0 Å². The van der Waals surface area contributed by atoms with Crippen molar-refractivity contribution in [3.63, 3.8) is 0 Å². The number of nitrogens with zero attached hydrogens (tertiary/aromatic N) is 1. The number of carboxylic acid groups (broad SMARTS) is 1. The molecule has 1 unspecified atom stereocenters. The first-order valence-corrected chi connectivity index (χ1v) is 7.87. The lowest BCUT2D eigenvalue weighted by molar-refractivity contribution is 0.133. The van der Waals surface area contributed by atoms with Crippen molar-refractivity contribution in [2.24, 2.45) is 5.41 Å². The van der Waals surface area contributed by atoms with Crippen LogP contribution in [0.25, 0.3) is 0 Å². The highest BCUT2D eigenvalue weighted by Crippen LogP contribution is 2.50. The predicted octanol–water partition coefficient (Wildman–Crippen LogP) is 3.22. The maximum Gasteiger partial charge on any atom is 0.421 e. The van der Waals surface area contributed by atoms with Crippen LogP contribution in [0, 0.1) is 5.41 Å². The van der Waals surface area contributed by atoms with Gasteiger partial charge in [0, 0.05) is 4.47 Å². The predicted molar refractivity (Wildman–Crippen MR) is 73.4 cm³/mol. The molecule has 1 N–H and O–H groups in total. The van der Waals surface area contributed by atoms with E-state index in [4.69, 9.17) is 0 Å². The number of benzene rings is 1. The van der Waals surface area contributed by atoms with Crippen molar-refractivity contribution in [1.82, 2.24) is 4.31 Å². The highest BCUT2D eigenvalue weighted by molar-refractivity contribution is 9.10. The molecule has 0 saturated heterocycles. The number of halogens is 1. The highest BCUT2D eigenvalue weighted by Gasteiger charge is 2.51. The van der Waals surface area contributed by atoms with E-state index in [2.05, 4.69) is 15.9 Å². The second-order valence-electron chi connectivity index (χ2n) is 5.51. The van der Waals surface area contributed by atoms with E-state index in [1.807, 2.05) is 20.8 Å². The Hall–Kier alpha value is -1.08. The summed E-state index contributed by atoms with van der Waals surface area (Å²) in [6.07, 6.45) is -1.46. The molecule has 1 heterocycles. The van der Waals surface area contributed by atoms with E-state index < -0.39 is 27.6 Å². The van der Waals surface area contributed by atoms with Gasteiger partial charge in [0.1, 0.15) is 4.90 Å². The molecule has 1 aromatic rings. The van der Waals surface area contributed by atoms with Crippen LogP contribution in [0.3, 0.4) is 0 Å². The molecule has 1 aliphatic rings. The summed E-state index contributed by atoms with van der Waals surface area (Å²) >= 11 is 3.19. The van der Waals surface area contributed by atoms with Gasteiger partial charge >= 0.3 is 6.09 Å². The maximum atomic E-state index is 12.4. The second-order valence-corrected chi connectivity index (χ2v) is 8.12. The van der Waals surface area contributed by atoms with Crippen LogP contribution in [0.2, 0.25) is 0 Å². The highest BCUT2D eigenvalue weighted by atomic mass is 79.9. The van der Waals surface area contributed by atoms with Crippen LogP contribution in [-0.2, 0) is 10.0 Å². The Balaban J connectivity index is 2.83. The average Bonchev–Trinajstić information content (AvgIpc) is 2.47. The van der Waals surface area contributed by atoms with Crippen LogP contribution in [0.4, 0.5) is 4.79 Å².